The molecule has 2 rings (SSSR count). The molecule has 108 valence electrons. The maximum atomic E-state index is 11.9. The van der Waals surface area contributed by atoms with Crippen molar-refractivity contribution in [3.8, 4) is 0 Å². The highest BCUT2D eigenvalue weighted by Crippen LogP contribution is 2.12. The molecular weight excluding hydrogens is 288 g/mol. The number of carbonyl (C=O) groups is 1. The molecule has 6 heteroatoms. The fraction of sp³-hybridized carbons (Fsp3) is 0. The van der Waals surface area contributed by atoms with Gasteiger partial charge in [0.2, 0.25) is 5.91 Å². The summed E-state index contributed by atoms with van der Waals surface area (Å²) < 4.78 is 26.2. The third-order valence-electron chi connectivity index (χ3n) is 2.67. The van der Waals surface area contributed by atoms with Crippen LogP contribution in [0.1, 0.15) is 15.9 Å². The highest BCUT2D eigenvalue weighted by Gasteiger charge is 2.06. The van der Waals surface area contributed by atoms with Gasteiger partial charge < -0.3 is 5.73 Å². The van der Waals surface area contributed by atoms with E-state index in [0.717, 1.165) is 11.0 Å². The SMILES string of the molecule is NC(=O)c1ccc(NS(=O)(=O)/C=C/c2ccccc2)cc1. The molecule has 0 heterocycles. The van der Waals surface area contributed by atoms with Crippen LogP contribution in [0.3, 0.4) is 0 Å². The summed E-state index contributed by atoms with van der Waals surface area (Å²) in [5.74, 6) is -0.562. The molecule has 5 nitrogen and oxygen atoms in total. The summed E-state index contributed by atoms with van der Waals surface area (Å²) in [6.07, 6.45) is 1.50. The van der Waals surface area contributed by atoms with Crippen molar-refractivity contribution in [2.24, 2.45) is 5.73 Å². The minimum absolute atomic E-state index is 0.317. The first-order valence-corrected chi connectivity index (χ1v) is 7.67. The molecule has 2 aromatic carbocycles. The van der Waals surface area contributed by atoms with Crippen LogP contribution in [-0.2, 0) is 10.0 Å². The lowest BCUT2D eigenvalue weighted by Gasteiger charge is -2.04. The Bertz CT molecular complexity index is 751. The first-order valence-electron chi connectivity index (χ1n) is 6.12. The molecule has 0 spiro atoms. The standard InChI is InChI=1S/C15H14N2O3S/c16-15(18)13-6-8-14(9-7-13)17-21(19,20)11-10-12-4-2-1-3-5-12/h1-11,17H,(H2,16,18)/b11-10+. The second kappa shape index (κ2) is 6.23. The highest BCUT2D eigenvalue weighted by molar-refractivity contribution is 7.95. The van der Waals surface area contributed by atoms with Crippen LogP contribution in [-0.4, -0.2) is 14.3 Å². The summed E-state index contributed by atoms with van der Waals surface area (Å²) in [7, 11) is -3.61. The number of nitrogens with one attached hydrogen (secondary N) is 1. The zero-order valence-corrected chi connectivity index (χ0v) is 11.9. The van der Waals surface area contributed by atoms with Crippen LogP contribution in [0.2, 0.25) is 0 Å². The number of primary amides is 1. The van der Waals surface area contributed by atoms with E-state index in [4.69, 9.17) is 5.73 Å². The Morgan fingerprint density at radius 3 is 2.19 bits per heavy atom. The van der Waals surface area contributed by atoms with Crippen LogP contribution >= 0.6 is 0 Å². The molecule has 0 aliphatic heterocycles. The van der Waals surface area contributed by atoms with Crippen LogP contribution in [0.5, 0.6) is 0 Å². The number of hydrogen-bond acceptors (Lipinski definition) is 3. The van der Waals surface area contributed by atoms with Crippen molar-refractivity contribution >= 4 is 27.7 Å². The number of carbonyl (C=O) groups excluding carboxylic acids is 1. The van der Waals surface area contributed by atoms with Gasteiger partial charge in [-0.2, -0.15) is 0 Å². The Labute approximate surface area is 123 Å². The number of nitrogens with two attached hydrogens (primary N) is 1. The molecule has 0 aromatic heterocycles. The molecule has 0 fully saturated rings. The van der Waals surface area contributed by atoms with Gasteiger partial charge in [-0.3, -0.25) is 9.52 Å². The summed E-state index contributed by atoms with van der Waals surface area (Å²) in [6.45, 7) is 0. The van der Waals surface area contributed by atoms with Crippen molar-refractivity contribution in [2.75, 3.05) is 4.72 Å². The summed E-state index contributed by atoms with van der Waals surface area (Å²) in [4.78, 5) is 10.9. The second-order valence-electron chi connectivity index (χ2n) is 4.30. The molecule has 3 N–H and O–H groups in total. The smallest absolute Gasteiger partial charge is 0.255 e. The zero-order chi connectivity index (χ0) is 15.3. The number of benzene rings is 2. The molecule has 1 amide bonds. The van der Waals surface area contributed by atoms with Crippen molar-refractivity contribution in [3.63, 3.8) is 0 Å². The van der Waals surface area contributed by atoms with E-state index < -0.39 is 15.9 Å². The number of hydrogen-bond donors (Lipinski definition) is 2. The van der Waals surface area contributed by atoms with E-state index in [9.17, 15) is 13.2 Å². The van der Waals surface area contributed by atoms with Crippen LogP contribution in [0.4, 0.5) is 5.69 Å². The molecule has 0 aliphatic carbocycles. The normalized spacial score (nSPS) is 11.4. The molecule has 2 aromatic rings. The number of rotatable bonds is 5. The first-order chi connectivity index (χ1) is 9.96. The quantitative estimate of drug-likeness (QED) is 0.887. The van der Waals surface area contributed by atoms with E-state index in [1.165, 1.54) is 30.3 Å². The third-order valence-corrected chi connectivity index (χ3v) is 3.68. The van der Waals surface area contributed by atoms with Gasteiger partial charge in [0.15, 0.2) is 0 Å². The molecular formula is C15H14N2O3S. The molecule has 0 bridgehead atoms. The fourth-order valence-corrected chi connectivity index (χ4v) is 2.50. The predicted octanol–water partition coefficient (Wildman–Crippen LogP) is 2.20. The van der Waals surface area contributed by atoms with Crippen LogP contribution in [0, 0.1) is 0 Å². The average molecular weight is 302 g/mol. The van der Waals surface area contributed by atoms with Crippen molar-refractivity contribution in [2.45, 2.75) is 0 Å². The van der Waals surface area contributed by atoms with Crippen molar-refractivity contribution in [1.82, 2.24) is 0 Å². The van der Waals surface area contributed by atoms with Crippen LogP contribution in [0.15, 0.2) is 60.0 Å². The lowest BCUT2D eigenvalue weighted by atomic mass is 10.2. The highest BCUT2D eigenvalue weighted by atomic mass is 32.2. The minimum Gasteiger partial charge on any atom is -0.366 e. The largest absolute Gasteiger partial charge is 0.366 e. The molecule has 0 saturated heterocycles. The molecule has 21 heavy (non-hydrogen) atoms. The van der Waals surface area contributed by atoms with Crippen molar-refractivity contribution in [1.29, 1.82) is 0 Å². The predicted molar refractivity (Wildman–Crippen MR) is 83.0 cm³/mol. The summed E-state index contributed by atoms with van der Waals surface area (Å²) >= 11 is 0. The van der Waals surface area contributed by atoms with Gasteiger partial charge in [-0.25, -0.2) is 8.42 Å². The van der Waals surface area contributed by atoms with Gasteiger partial charge in [-0.05, 0) is 35.9 Å². The van der Waals surface area contributed by atoms with Gasteiger partial charge in [-0.15, -0.1) is 0 Å². The maximum absolute atomic E-state index is 11.9. The Balaban J connectivity index is 2.10. The topological polar surface area (TPSA) is 89.3 Å². The fourth-order valence-electron chi connectivity index (χ4n) is 1.63. The van der Waals surface area contributed by atoms with Crippen molar-refractivity contribution < 1.29 is 13.2 Å². The minimum atomic E-state index is -3.61. The van der Waals surface area contributed by atoms with E-state index in [0.29, 0.717) is 11.3 Å². The second-order valence-corrected chi connectivity index (χ2v) is 5.87. The Hall–Kier alpha value is -2.60. The maximum Gasteiger partial charge on any atom is 0.255 e. The number of amides is 1. The first kappa shape index (κ1) is 14.8. The zero-order valence-electron chi connectivity index (χ0n) is 11.1. The Morgan fingerprint density at radius 1 is 1.00 bits per heavy atom. The lowest BCUT2D eigenvalue weighted by molar-refractivity contribution is 0.100. The summed E-state index contributed by atoms with van der Waals surface area (Å²) in [5.41, 5.74) is 6.58. The summed E-state index contributed by atoms with van der Waals surface area (Å²) in [6, 6.07) is 15.0. The molecule has 0 unspecified atom stereocenters. The molecule has 0 aliphatic rings. The average Bonchev–Trinajstić information content (AvgIpc) is 2.46. The Morgan fingerprint density at radius 2 is 1.62 bits per heavy atom. The number of sulfonamides is 1. The van der Waals surface area contributed by atoms with Crippen molar-refractivity contribution in [3.05, 3.63) is 71.1 Å². The van der Waals surface area contributed by atoms with E-state index in [1.807, 2.05) is 18.2 Å². The van der Waals surface area contributed by atoms with Gasteiger partial charge in [0.25, 0.3) is 10.0 Å². The molecule has 0 atom stereocenters. The van der Waals surface area contributed by atoms with Gasteiger partial charge in [0.1, 0.15) is 0 Å². The molecule has 0 saturated carbocycles. The number of anilines is 1. The molecule has 0 radical (unpaired) electrons. The van der Waals surface area contributed by atoms with Gasteiger partial charge >= 0.3 is 0 Å². The van der Waals surface area contributed by atoms with Gasteiger partial charge in [0, 0.05) is 11.3 Å². The van der Waals surface area contributed by atoms with E-state index >= 15 is 0 Å². The van der Waals surface area contributed by atoms with Gasteiger partial charge in [-0.1, -0.05) is 30.3 Å². The lowest BCUT2D eigenvalue weighted by Crippen LogP contribution is -2.12. The van der Waals surface area contributed by atoms with Crippen LogP contribution in [0.25, 0.3) is 6.08 Å². The third kappa shape index (κ3) is 4.47. The van der Waals surface area contributed by atoms with E-state index in [-0.39, 0.29) is 0 Å². The monoisotopic (exact) mass is 302 g/mol. The summed E-state index contributed by atoms with van der Waals surface area (Å²) in [5, 5.41) is 1.09. The van der Waals surface area contributed by atoms with Gasteiger partial charge in [0.05, 0.1) is 5.41 Å². The van der Waals surface area contributed by atoms with E-state index in [1.54, 1.807) is 12.1 Å². The van der Waals surface area contributed by atoms with E-state index in [2.05, 4.69) is 4.72 Å². The van der Waals surface area contributed by atoms with Crippen LogP contribution < -0.4 is 10.5 Å². The Kier molecular flexibility index (Phi) is 4.39.